The molecule has 0 unspecified atom stereocenters. The summed E-state index contributed by atoms with van der Waals surface area (Å²) in [5.41, 5.74) is -0.637. The highest BCUT2D eigenvalue weighted by Gasteiger charge is 2.33. The van der Waals surface area contributed by atoms with Crippen molar-refractivity contribution >= 4 is 5.82 Å². The van der Waals surface area contributed by atoms with Crippen LogP contribution in [0, 0.1) is 5.92 Å². The molecule has 1 aromatic rings. The Labute approximate surface area is 118 Å². The molecule has 112 valence electrons. The molecule has 1 aromatic heterocycles. The number of nitrogens with zero attached hydrogens (tertiary/aromatic N) is 2. The van der Waals surface area contributed by atoms with Crippen LogP contribution in [0.3, 0.4) is 0 Å². The number of hydrogen-bond acceptors (Lipinski definition) is 5. The average Bonchev–Trinajstić information content (AvgIpc) is 2.44. The highest BCUT2D eigenvalue weighted by atomic mass is 16.5. The second-order valence-electron chi connectivity index (χ2n) is 5.80. The topological polar surface area (TPSA) is 76.4 Å². The summed E-state index contributed by atoms with van der Waals surface area (Å²) in [6, 6.07) is 0. The van der Waals surface area contributed by atoms with E-state index in [9.17, 15) is 9.90 Å². The minimum Gasteiger partial charge on any atom is -0.394 e. The van der Waals surface area contributed by atoms with E-state index in [-0.39, 0.29) is 12.2 Å². The van der Waals surface area contributed by atoms with Crippen LogP contribution in [0.15, 0.2) is 17.2 Å². The predicted octanol–water partition coefficient (Wildman–Crippen LogP) is 0.853. The summed E-state index contributed by atoms with van der Waals surface area (Å²) in [5.74, 6) is 0.696. The first-order valence-electron chi connectivity index (χ1n) is 7.08. The van der Waals surface area contributed by atoms with Crippen LogP contribution >= 0.6 is 0 Å². The van der Waals surface area contributed by atoms with Crippen molar-refractivity contribution in [1.29, 1.82) is 0 Å². The summed E-state index contributed by atoms with van der Waals surface area (Å²) in [7, 11) is 0. The monoisotopic (exact) mass is 281 g/mol. The summed E-state index contributed by atoms with van der Waals surface area (Å²) in [4.78, 5) is 16.5. The SMILES string of the molecule is CC(C)Cn1ccnc(NC2(CO)CCOCC2)c1=O. The van der Waals surface area contributed by atoms with Gasteiger partial charge in [-0.15, -0.1) is 0 Å². The van der Waals surface area contributed by atoms with Crippen LogP contribution < -0.4 is 10.9 Å². The normalized spacial score (nSPS) is 18.2. The number of aliphatic hydroxyl groups is 1. The molecule has 0 amide bonds. The van der Waals surface area contributed by atoms with E-state index in [1.807, 2.05) is 0 Å². The molecule has 2 rings (SSSR count). The van der Waals surface area contributed by atoms with Crippen LogP contribution in [0.25, 0.3) is 0 Å². The summed E-state index contributed by atoms with van der Waals surface area (Å²) in [6.45, 7) is 5.92. The van der Waals surface area contributed by atoms with Crippen molar-refractivity contribution in [2.75, 3.05) is 25.1 Å². The van der Waals surface area contributed by atoms with E-state index in [2.05, 4.69) is 24.1 Å². The van der Waals surface area contributed by atoms with Gasteiger partial charge in [0, 0.05) is 32.2 Å². The molecule has 0 radical (unpaired) electrons. The highest BCUT2D eigenvalue weighted by Crippen LogP contribution is 2.23. The van der Waals surface area contributed by atoms with Gasteiger partial charge in [0.05, 0.1) is 12.1 Å². The molecule has 1 aliphatic rings. The van der Waals surface area contributed by atoms with Gasteiger partial charge in [-0.3, -0.25) is 4.79 Å². The smallest absolute Gasteiger partial charge is 0.293 e. The fourth-order valence-electron chi connectivity index (χ4n) is 2.41. The summed E-state index contributed by atoms with van der Waals surface area (Å²) in [5, 5.41) is 12.8. The third-order valence-corrected chi connectivity index (χ3v) is 3.61. The van der Waals surface area contributed by atoms with Gasteiger partial charge in [-0.05, 0) is 18.8 Å². The second kappa shape index (κ2) is 6.37. The Bertz CT molecular complexity index is 493. The van der Waals surface area contributed by atoms with Crippen molar-refractivity contribution in [3.05, 3.63) is 22.7 Å². The number of anilines is 1. The lowest BCUT2D eigenvalue weighted by Crippen LogP contribution is -2.48. The number of rotatable bonds is 5. The highest BCUT2D eigenvalue weighted by molar-refractivity contribution is 5.35. The van der Waals surface area contributed by atoms with E-state index >= 15 is 0 Å². The van der Waals surface area contributed by atoms with Crippen LogP contribution in [0.1, 0.15) is 26.7 Å². The van der Waals surface area contributed by atoms with E-state index in [0.29, 0.717) is 44.3 Å². The lowest BCUT2D eigenvalue weighted by atomic mass is 9.91. The minimum atomic E-state index is -0.499. The molecule has 6 nitrogen and oxygen atoms in total. The quantitative estimate of drug-likeness (QED) is 0.837. The lowest BCUT2D eigenvalue weighted by Gasteiger charge is -2.36. The number of ether oxygens (including phenoxy) is 1. The van der Waals surface area contributed by atoms with Crippen molar-refractivity contribution in [2.45, 2.75) is 38.8 Å². The van der Waals surface area contributed by atoms with E-state index in [4.69, 9.17) is 4.74 Å². The van der Waals surface area contributed by atoms with Crippen LogP contribution in [0.5, 0.6) is 0 Å². The molecule has 1 fully saturated rings. The summed E-state index contributed by atoms with van der Waals surface area (Å²) >= 11 is 0. The van der Waals surface area contributed by atoms with E-state index in [0.717, 1.165) is 0 Å². The minimum absolute atomic E-state index is 0.0312. The molecule has 0 saturated carbocycles. The van der Waals surface area contributed by atoms with Gasteiger partial charge in [-0.2, -0.15) is 0 Å². The number of hydrogen-bond donors (Lipinski definition) is 2. The molecule has 20 heavy (non-hydrogen) atoms. The molecule has 0 spiro atoms. The summed E-state index contributed by atoms with van der Waals surface area (Å²) in [6.07, 6.45) is 4.66. The van der Waals surface area contributed by atoms with E-state index in [1.54, 1.807) is 17.0 Å². The van der Waals surface area contributed by atoms with Crippen molar-refractivity contribution in [2.24, 2.45) is 5.92 Å². The van der Waals surface area contributed by atoms with Crippen molar-refractivity contribution < 1.29 is 9.84 Å². The molecule has 1 saturated heterocycles. The Morgan fingerprint density at radius 3 is 2.80 bits per heavy atom. The Morgan fingerprint density at radius 1 is 1.50 bits per heavy atom. The first-order chi connectivity index (χ1) is 9.56. The standard InChI is InChI=1S/C14H23N3O3/c1-11(2)9-17-6-5-15-12(13(17)19)16-14(10-18)3-7-20-8-4-14/h5-6,11,18H,3-4,7-10H2,1-2H3,(H,15,16). The Balaban J connectivity index is 2.22. The fourth-order valence-corrected chi connectivity index (χ4v) is 2.41. The van der Waals surface area contributed by atoms with Gasteiger partial charge in [0.2, 0.25) is 0 Å². The molecular weight excluding hydrogens is 258 g/mol. The third-order valence-electron chi connectivity index (χ3n) is 3.61. The molecule has 1 aliphatic heterocycles. The molecule has 6 heteroatoms. The van der Waals surface area contributed by atoms with Crippen molar-refractivity contribution in [3.8, 4) is 0 Å². The van der Waals surface area contributed by atoms with E-state index < -0.39 is 5.54 Å². The first kappa shape index (κ1) is 15.0. The predicted molar refractivity (Wildman–Crippen MR) is 76.8 cm³/mol. The van der Waals surface area contributed by atoms with Gasteiger partial charge >= 0.3 is 0 Å². The van der Waals surface area contributed by atoms with E-state index in [1.165, 1.54) is 0 Å². The maximum Gasteiger partial charge on any atom is 0.293 e. The maximum absolute atomic E-state index is 12.4. The zero-order valence-corrected chi connectivity index (χ0v) is 12.1. The van der Waals surface area contributed by atoms with Crippen LogP contribution in [0.4, 0.5) is 5.82 Å². The number of aliphatic hydroxyl groups excluding tert-OH is 1. The Kier molecular flexibility index (Phi) is 4.77. The van der Waals surface area contributed by atoms with Gasteiger partial charge in [0.15, 0.2) is 5.82 Å². The lowest BCUT2D eigenvalue weighted by molar-refractivity contribution is 0.0378. The first-order valence-corrected chi connectivity index (χ1v) is 7.08. The van der Waals surface area contributed by atoms with Gasteiger partial charge in [0.25, 0.3) is 5.56 Å². The Hall–Kier alpha value is -1.40. The summed E-state index contributed by atoms with van der Waals surface area (Å²) < 4.78 is 6.97. The zero-order valence-electron chi connectivity index (χ0n) is 12.1. The molecule has 2 heterocycles. The Morgan fingerprint density at radius 2 is 2.20 bits per heavy atom. The second-order valence-corrected chi connectivity index (χ2v) is 5.80. The van der Waals surface area contributed by atoms with Crippen LogP contribution in [0.2, 0.25) is 0 Å². The molecule has 0 atom stereocenters. The molecule has 0 aliphatic carbocycles. The molecule has 2 N–H and O–H groups in total. The van der Waals surface area contributed by atoms with Gasteiger partial charge in [0.1, 0.15) is 0 Å². The molecular formula is C14H23N3O3. The van der Waals surface area contributed by atoms with Gasteiger partial charge in [-0.25, -0.2) is 4.98 Å². The number of aromatic nitrogens is 2. The van der Waals surface area contributed by atoms with Crippen molar-refractivity contribution in [1.82, 2.24) is 9.55 Å². The number of nitrogens with one attached hydrogen (secondary N) is 1. The third kappa shape index (κ3) is 3.37. The van der Waals surface area contributed by atoms with Crippen LogP contribution in [-0.4, -0.2) is 40.0 Å². The largest absolute Gasteiger partial charge is 0.394 e. The van der Waals surface area contributed by atoms with Gasteiger partial charge < -0.3 is 19.7 Å². The van der Waals surface area contributed by atoms with Crippen LogP contribution in [-0.2, 0) is 11.3 Å². The maximum atomic E-state index is 12.4. The molecule has 0 bridgehead atoms. The van der Waals surface area contributed by atoms with Gasteiger partial charge in [-0.1, -0.05) is 13.8 Å². The average molecular weight is 281 g/mol. The van der Waals surface area contributed by atoms with Crippen molar-refractivity contribution in [3.63, 3.8) is 0 Å². The zero-order chi connectivity index (χ0) is 14.6. The molecule has 0 aromatic carbocycles. The fraction of sp³-hybridized carbons (Fsp3) is 0.714.